The number of nitroso groups, excluding NO2 is 1. The summed E-state index contributed by atoms with van der Waals surface area (Å²) in [6.07, 6.45) is -1.55. The van der Waals surface area contributed by atoms with Gasteiger partial charge in [0.1, 0.15) is 18.3 Å². The van der Waals surface area contributed by atoms with Gasteiger partial charge in [-0.25, -0.2) is 4.79 Å². The largest absolute Gasteiger partial charge is 0.442 e. The molecule has 20 heteroatoms. The van der Waals surface area contributed by atoms with Gasteiger partial charge in [-0.15, -0.1) is 4.91 Å². The van der Waals surface area contributed by atoms with Crippen LogP contribution in [0.25, 0.3) is 41.8 Å². The van der Waals surface area contributed by atoms with Crippen LogP contribution in [-0.2, 0) is 9.53 Å². The first-order valence-electron chi connectivity index (χ1n) is 7.79. The smallest absolute Gasteiger partial charge is 0.411 e. The number of nitrogens with zero attached hydrogens (tertiary/aromatic N) is 14. The fourth-order valence-electron chi connectivity index (χ4n) is 2.05. The van der Waals surface area contributed by atoms with Crippen LogP contribution in [0, 0.1) is 4.91 Å². The SMILES string of the molecule is [N-]=[N+]=NCN(C(=O)OC(CN=[N+]=[N-])(CN=[N+]=[N-])CN=[N+]=[N-])C(CCNN)C(=O)N=O. The second kappa shape index (κ2) is 14.7. The number of hydrogen-bond donors (Lipinski definition) is 2. The lowest BCUT2D eigenvalue weighted by atomic mass is 10.1. The molecular weight excluding hydrogens is 408 g/mol. The molecule has 0 aliphatic carbocycles. The van der Waals surface area contributed by atoms with Crippen LogP contribution >= 0.6 is 0 Å². The predicted octanol–water partition coefficient (Wildman–Crippen LogP) is 1.88. The highest BCUT2D eigenvalue weighted by Crippen LogP contribution is 2.19. The molecule has 0 aromatic heterocycles. The number of nitrogens with one attached hydrogen (secondary N) is 1. The molecule has 0 saturated heterocycles. The normalized spacial score (nSPS) is 12.3. The maximum absolute atomic E-state index is 12.7. The second-order valence-electron chi connectivity index (χ2n) is 5.25. The predicted molar refractivity (Wildman–Crippen MR) is 98.5 cm³/mol. The summed E-state index contributed by atoms with van der Waals surface area (Å²) < 4.78 is 5.22. The van der Waals surface area contributed by atoms with E-state index in [2.05, 4.69) is 50.7 Å². The van der Waals surface area contributed by atoms with Crippen molar-refractivity contribution in [1.82, 2.24) is 10.3 Å². The van der Waals surface area contributed by atoms with Gasteiger partial charge in [0.15, 0.2) is 0 Å². The molecule has 30 heavy (non-hydrogen) atoms. The number of azide groups is 4. The molecule has 2 amide bonds. The van der Waals surface area contributed by atoms with E-state index in [9.17, 15) is 14.5 Å². The highest BCUT2D eigenvalue weighted by Gasteiger charge is 2.38. The molecule has 0 heterocycles. The number of nitrogens with two attached hydrogens (primary N) is 1. The van der Waals surface area contributed by atoms with Crippen molar-refractivity contribution >= 4 is 12.0 Å². The van der Waals surface area contributed by atoms with Crippen LogP contribution in [0.4, 0.5) is 4.79 Å². The summed E-state index contributed by atoms with van der Waals surface area (Å²) in [6.45, 7) is -2.65. The summed E-state index contributed by atoms with van der Waals surface area (Å²) in [7, 11) is 0. The number of carbonyl (C=O) groups is 2. The van der Waals surface area contributed by atoms with Crippen molar-refractivity contribution in [1.29, 1.82) is 0 Å². The van der Waals surface area contributed by atoms with Crippen molar-refractivity contribution in [2.45, 2.75) is 18.1 Å². The molecule has 0 fully saturated rings. The highest BCUT2D eigenvalue weighted by atomic mass is 16.6. The zero-order valence-corrected chi connectivity index (χ0v) is 15.3. The summed E-state index contributed by atoms with van der Waals surface area (Å²) >= 11 is 0. The van der Waals surface area contributed by atoms with E-state index in [-0.39, 0.29) is 13.0 Å². The minimum Gasteiger partial charge on any atom is -0.442 e. The van der Waals surface area contributed by atoms with Crippen molar-refractivity contribution in [3.8, 4) is 0 Å². The Morgan fingerprint density at radius 2 is 1.50 bits per heavy atom. The number of ether oxygens (including phenoxy) is 1. The Morgan fingerprint density at radius 3 is 1.90 bits per heavy atom. The molecule has 0 bridgehead atoms. The van der Waals surface area contributed by atoms with E-state index in [1.54, 1.807) is 0 Å². The molecular formula is C10H16N16O4. The Bertz CT molecular complexity index is 753. The van der Waals surface area contributed by atoms with Gasteiger partial charge in [0, 0.05) is 31.4 Å². The van der Waals surface area contributed by atoms with Crippen LogP contribution in [-0.4, -0.2) is 61.4 Å². The molecule has 0 saturated carbocycles. The van der Waals surface area contributed by atoms with Gasteiger partial charge in [0.2, 0.25) is 0 Å². The Kier molecular flexibility index (Phi) is 12.6. The van der Waals surface area contributed by atoms with Gasteiger partial charge in [-0.05, 0) is 28.5 Å². The third kappa shape index (κ3) is 8.59. The third-order valence-electron chi connectivity index (χ3n) is 3.40. The molecule has 0 radical (unpaired) electrons. The minimum atomic E-state index is -1.93. The fourth-order valence-corrected chi connectivity index (χ4v) is 2.05. The van der Waals surface area contributed by atoms with E-state index < -0.39 is 49.9 Å². The maximum atomic E-state index is 12.7. The number of rotatable bonds is 14. The average Bonchev–Trinajstić information content (AvgIpc) is 2.76. The van der Waals surface area contributed by atoms with E-state index in [1.807, 2.05) is 0 Å². The Hall–Kier alpha value is -4.30. The minimum absolute atomic E-state index is 0.0483. The van der Waals surface area contributed by atoms with Gasteiger partial charge in [-0.1, -0.05) is 20.5 Å². The lowest BCUT2D eigenvalue weighted by Crippen LogP contribution is -2.52. The van der Waals surface area contributed by atoms with Crippen molar-refractivity contribution in [3.63, 3.8) is 0 Å². The molecule has 160 valence electrons. The monoisotopic (exact) mass is 424 g/mol. The number of carbonyl (C=O) groups excluding carboxylic acids is 2. The summed E-state index contributed by atoms with van der Waals surface area (Å²) in [5, 5.41) is 15.2. The first-order valence-corrected chi connectivity index (χ1v) is 7.79. The van der Waals surface area contributed by atoms with Gasteiger partial charge < -0.3 is 4.74 Å². The van der Waals surface area contributed by atoms with Crippen LogP contribution in [0.2, 0.25) is 0 Å². The number of amides is 2. The van der Waals surface area contributed by atoms with Crippen LogP contribution in [0.15, 0.2) is 25.6 Å². The van der Waals surface area contributed by atoms with Crippen LogP contribution in [0.1, 0.15) is 6.42 Å². The number of hydrogen-bond acceptors (Lipinski definition) is 10. The molecule has 0 aliphatic rings. The summed E-state index contributed by atoms with van der Waals surface area (Å²) in [4.78, 5) is 45.9. The summed E-state index contributed by atoms with van der Waals surface area (Å²) in [5.41, 5.74) is 34.5. The zero-order valence-electron chi connectivity index (χ0n) is 15.3. The topological polar surface area (TPSA) is 309 Å². The fraction of sp³-hybridized carbons (Fsp3) is 0.800. The lowest BCUT2D eigenvalue weighted by molar-refractivity contribution is -0.123. The van der Waals surface area contributed by atoms with Crippen LogP contribution in [0.3, 0.4) is 0 Å². The van der Waals surface area contributed by atoms with Gasteiger partial charge in [0.25, 0.3) is 0 Å². The second-order valence-corrected chi connectivity index (χ2v) is 5.25. The van der Waals surface area contributed by atoms with E-state index in [0.717, 1.165) is 0 Å². The van der Waals surface area contributed by atoms with Gasteiger partial charge in [0.05, 0.1) is 19.6 Å². The number of hydrazine groups is 1. The average molecular weight is 424 g/mol. The highest BCUT2D eigenvalue weighted by molar-refractivity contribution is 5.86. The molecule has 0 aliphatic heterocycles. The quantitative estimate of drug-likeness (QED) is 0.104. The van der Waals surface area contributed by atoms with Gasteiger partial charge in [-0.3, -0.25) is 21.0 Å². The van der Waals surface area contributed by atoms with E-state index >= 15 is 0 Å². The van der Waals surface area contributed by atoms with E-state index in [0.29, 0.717) is 4.90 Å². The van der Waals surface area contributed by atoms with Crippen LogP contribution < -0.4 is 11.3 Å². The Labute approximate surface area is 166 Å². The van der Waals surface area contributed by atoms with E-state index in [1.165, 1.54) is 0 Å². The van der Waals surface area contributed by atoms with Gasteiger partial charge >= 0.3 is 12.0 Å². The molecule has 1 unspecified atom stereocenters. The Balaban J connectivity index is 6.13. The molecule has 20 nitrogen and oxygen atoms in total. The molecule has 0 rings (SSSR count). The molecule has 3 N–H and O–H groups in total. The molecule has 0 aromatic carbocycles. The molecule has 0 aromatic rings. The first-order chi connectivity index (χ1) is 14.4. The van der Waals surface area contributed by atoms with Gasteiger partial charge in [-0.2, -0.15) is 0 Å². The maximum Gasteiger partial charge on any atom is 0.411 e. The molecule has 0 spiro atoms. The lowest BCUT2D eigenvalue weighted by Gasteiger charge is -2.34. The van der Waals surface area contributed by atoms with E-state index in [4.69, 9.17) is 32.7 Å². The van der Waals surface area contributed by atoms with Crippen molar-refractivity contribution < 1.29 is 14.3 Å². The zero-order chi connectivity index (χ0) is 22.8. The third-order valence-corrected chi connectivity index (χ3v) is 3.40. The summed E-state index contributed by atoms with van der Waals surface area (Å²) in [6, 6.07) is -1.53. The molecule has 1 atom stereocenters. The van der Waals surface area contributed by atoms with Crippen molar-refractivity contribution in [3.05, 3.63) is 46.7 Å². The van der Waals surface area contributed by atoms with Crippen molar-refractivity contribution in [2.24, 2.45) is 31.5 Å². The Morgan fingerprint density at radius 1 is 1.00 bits per heavy atom. The van der Waals surface area contributed by atoms with Crippen LogP contribution in [0.5, 0.6) is 0 Å². The summed E-state index contributed by atoms with van der Waals surface area (Å²) in [5.74, 6) is 3.84. The standard InChI is InChI=1S/C10H16N16O4/c11-16-2-1-7(8(27)21-29)26(6-20-25-15)9(28)30-10(3-17-22-12,4-18-23-13)5-19-24-14/h7,16H,1-6,11H2. The first kappa shape index (κ1) is 25.7. The van der Waals surface area contributed by atoms with Crippen molar-refractivity contribution in [2.75, 3.05) is 32.8 Å².